The predicted octanol–water partition coefficient (Wildman–Crippen LogP) is 2.19. The molecule has 2 aliphatic rings. The fourth-order valence-corrected chi connectivity index (χ4v) is 4.44. The van der Waals surface area contributed by atoms with E-state index in [1.165, 1.54) is 0 Å². The van der Waals surface area contributed by atoms with E-state index in [2.05, 4.69) is 9.80 Å². The second-order valence-electron chi connectivity index (χ2n) is 9.12. The fourth-order valence-electron chi connectivity index (χ4n) is 4.44. The van der Waals surface area contributed by atoms with Crippen LogP contribution >= 0.6 is 0 Å². The second kappa shape index (κ2) is 12.1. The first-order valence-electron chi connectivity index (χ1n) is 12.2. The molecule has 2 N–H and O–H groups in total. The van der Waals surface area contributed by atoms with E-state index in [1.54, 1.807) is 22.5 Å². The lowest BCUT2D eigenvalue weighted by Crippen LogP contribution is -2.54. The highest BCUT2D eigenvalue weighted by molar-refractivity contribution is 5.94. The highest BCUT2D eigenvalue weighted by Crippen LogP contribution is 2.21. The number of ether oxygens (including phenoxy) is 1. The summed E-state index contributed by atoms with van der Waals surface area (Å²) in [5, 5.41) is 8.84. The molecule has 188 valence electrons. The Kier molecular flexibility index (Phi) is 8.70. The van der Waals surface area contributed by atoms with Crippen molar-refractivity contribution in [3.63, 3.8) is 0 Å². The third-order valence-corrected chi connectivity index (χ3v) is 6.71. The van der Waals surface area contributed by atoms with Gasteiger partial charge in [0.05, 0.1) is 19.8 Å². The zero-order valence-electron chi connectivity index (χ0n) is 20.4. The summed E-state index contributed by atoms with van der Waals surface area (Å²) in [5.41, 5.74) is 4.88. The number of aryl methyl sites for hydroxylation is 1. The third-order valence-electron chi connectivity index (χ3n) is 6.71. The molecule has 2 aromatic rings. The molecule has 9 nitrogen and oxygen atoms in total. The molecule has 2 aliphatic heterocycles. The molecule has 2 saturated heterocycles. The van der Waals surface area contributed by atoms with Gasteiger partial charge in [0.15, 0.2) is 0 Å². The number of anilines is 1. The zero-order valence-corrected chi connectivity index (χ0v) is 20.4. The van der Waals surface area contributed by atoms with E-state index in [-0.39, 0.29) is 6.03 Å². The highest BCUT2D eigenvalue weighted by atomic mass is 16.5. The number of hydrogen-bond acceptors (Lipinski definition) is 6. The fraction of sp³-hybridized carbons (Fsp3) is 0.462. The van der Waals surface area contributed by atoms with E-state index in [0.717, 1.165) is 69.3 Å². The number of urea groups is 1. The van der Waals surface area contributed by atoms with Crippen molar-refractivity contribution in [3.8, 4) is 0 Å². The number of carbonyl (C=O) groups excluding carboxylic acids is 2. The molecule has 0 saturated carbocycles. The number of nitrogens with one attached hydrogen (secondary N) is 1. The van der Waals surface area contributed by atoms with Crippen LogP contribution in [0.5, 0.6) is 0 Å². The van der Waals surface area contributed by atoms with Crippen molar-refractivity contribution in [2.75, 3.05) is 70.5 Å². The number of hydroxylamine groups is 1. The Hall–Kier alpha value is -2.98. The first kappa shape index (κ1) is 25.1. The lowest BCUT2D eigenvalue weighted by atomic mass is 10.1. The summed E-state index contributed by atoms with van der Waals surface area (Å²) in [5.74, 6) is -0.561. The number of benzene rings is 2. The van der Waals surface area contributed by atoms with Crippen molar-refractivity contribution in [2.24, 2.45) is 0 Å². The Morgan fingerprint density at radius 3 is 2.09 bits per heavy atom. The Bertz CT molecular complexity index is 968. The molecule has 0 aromatic heterocycles. The van der Waals surface area contributed by atoms with E-state index in [4.69, 9.17) is 9.94 Å². The summed E-state index contributed by atoms with van der Waals surface area (Å²) in [4.78, 5) is 33.9. The molecule has 2 heterocycles. The van der Waals surface area contributed by atoms with Crippen LogP contribution in [0.25, 0.3) is 0 Å². The first-order valence-corrected chi connectivity index (χ1v) is 12.2. The zero-order chi connectivity index (χ0) is 24.6. The molecule has 2 aromatic carbocycles. The van der Waals surface area contributed by atoms with Crippen molar-refractivity contribution >= 4 is 17.6 Å². The quantitative estimate of drug-likeness (QED) is 0.466. The van der Waals surface area contributed by atoms with Gasteiger partial charge in [0, 0.05) is 63.6 Å². The number of carbonyl (C=O) groups is 2. The average Bonchev–Trinajstić information content (AvgIpc) is 2.91. The lowest BCUT2D eigenvalue weighted by molar-refractivity contribution is 0.0310. The predicted molar refractivity (Wildman–Crippen MR) is 134 cm³/mol. The van der Waals surface area contributed by atoms with Crippen LogP contribution < -0.4 is 10.4 Å². The standard InChI is InChI=1S/C26H35N5O4/c1-21-2-8-24(9-3-21)31(20-22-4-6-23(7-5-22)25(32)27-34)26(33)30-14-12-28(13-15-30)10-11-29-16-18-35-19-17-29/h2-9,34H,10-20H2,1H3,(H,27,32). The summed E-state index contributed by atoms with van der Waals surface area (Å²) in [6.45, 7) is 11.2. The van der Waals surface area contributed by atoms with Gasteiger partial charge in [-0.2, -0.15) is 0 Å². The Labute approximate surface area is 206 Å². The summed E-state index contributed by atoms with van der Waals surface area (Å²) in [6, 6.07) is 14.8. The third kappa shape index (κ3) is 6.79. The maximum atomic E-state index is 13.6. The van der Waals surface area contributed by atoms with Crippen LogP contribution in [0.15, 0.2) is 48.5 Å². The molecule has 0 radical (unpaired) electrons. The second-order valence-corrected chi connectivity index (χ2v) is 9.12. The number of hydrogen-bond donors (Lipinski definition) is 2. The maximum absolute atomic E-state index is 13.6. The number of amides is 3. The van der Waals surface area contributed by atoms with Gasteiger partial charge >= 0.3 is 6.03 Å². The summed E-state index contributed by atoms with van der Waals surface area (Å²) >= 11 is 0. The molecule has 0 bridgehead atoms. The van der Waals surface area contributed by atoms with E-state index in [9.17, 15) is 9.59 Å². The van der Waals surface area contributed by atoms with Crippen LogP contribution in [0.3, 0.4) is 0 Å². The summed E-state index contributed by atoms with van der Waals surface area (Å²) in [6.07, 6.45) is 0. The van der Waals surface area contributed by atoms with Crippen molar-refractivity contribution in [1.29, 1.82) is 0 Å². The van der Waals surface area contributed by atoms with Gasteiger partial charge in [-0.05, 0) is 36.8 Å². The van der Waals surface area contributed by atoms with Crippen LogP contribution in [0, 0.1) is 6.92 Å². The topological polar surface area (TPSA) is 88.6 Å². The smallest absolute Gasteiger partial charge is 0.324 e. The van der Waals surface area contributed by atoms with Gasteiger partial charge in [-0.15, -0.1) is 0 Å². The minimum atomic E-state index is -0.561. The number of nitrogens with zero attached hydrogens (tertiary/aromatic N) is 4. The molecule has 35 heavy (non-hydrogen) atoms. The van der Waals surface area contributed by atoms with Crippen LogP contribution in [0.2, 0.25) is 0 Å². The van der Waals surface area contributed by atoms with Gasteiger partial charge in [-0.3, -0.25) is 24.7 Å². The molecule has 2 fully saturated rings. The van der Waals surface area contributed by atoms with Crippen molar-refractivity contribution in [3.05, 3.63) is 65.2 Å². The molecule has 3 amide bonds. The van der Waals surface area contributed by atoms with Gasteiger partial charge < -0.3 is 9.64 Å². The van der Waals surface area contributed by atoms with Gasteiger partial charge in [0.25, 0.3) is 5.91 Å². The van der Waals surface area contributed by atoms with Crippen LogP contribution in [-0.4, -0.2) is 97.4 Å². The largest absolute Gasteiger partial charge is 0.379 e. The highest BCUT2D eigenvalue weighted by Gasteiger charge is 2.27. The van der Waals surface area contributed by atoms with Crippen LogP contribution in [0.1, 0.15) is 21.5 Å². The number of morpholine rings is 1. The molecule has 0 aliphatic carbocycles. The molecule has 4 rings (SSSR count). The molecule has 0 unspecified atom stereocenters. The van der Waals surface area contributed by atoms with E-state index in [0.29, 0.717) is 25.2 Å². The van der Waals surface area contributed by atoms with Crippen LogP contribution in [-0.2, 0) is 11.3 Å². The summed E-state index contributed by atoms with van der Waals surface area (Å²) in [7, 11) is 0. The van der Waals surface area contributed by atoms with Gasteiger partial charge in [-0.1, -0.05) is 29.8 Å². The van der Waals surface area contributed by atoms with Gasteiger partial charge in [0.2, 0.25) is 0 Å². The minimum absolute atomic E-state index is 0.0149. The van der Waals surface area contributed by atoms with Crippen molar-refractivity contribution in [2.45, 2.75) is 13.5 Å². The molecule has 9 heteroatoms. The average molecular weight is 482 g/mol. The monoisotopic (exact) mass is 481 g/mol. The van der Waals surface area contributed by atoms with E-state index < -0.39 is 5.91 Å². The number of piperazine rings is 1. The van der Waals surface area contributed by atoms with Crippen LogP contribution in [0.4, 0.5) is 10.5 Å². The molecular weight excluding hydrogens is 446 g/mol. The molecule has 0 spiro atoms. The first-order chi connectivity index (χ1) is 17.0. The van der Waals surface area contributed by atoms with Crippen molar-refractivity contribution in [1.82, 2.24) is 20.2 Å². The van der Waals surface area contributed by atoms with Gasteiger partial charge in [-0.25, -0.2) is 10.3 Å². The minimum Gasteiger partial charge on any atom is -0.379 e. The lowest BCUT2D eigenvalue weighted by Gasteiger charge is -2.38. The normalized spacial score (nSPS) is 17.3. The Morgan fingerprint density at radius 1 is 0.886 bits per heavy atom. The maximum Gasteiger partial charge on any atom is 0.324 e. The van der Waals surface area contributed by atoms with Gasteiger partial charge in [0.1, 0.15) is 0 Å². The molecule has 0 atom stereocenters. The SMILES string of the molecule is Cc1ccc(N(Cc2ccc(C(=O)NO)cc2)C(=O)N2CCN(CCN3CCOCC3)CC2)cc1. The number of rotatable bonds is 7. The van der Waals surface area contributed by atoms with Crippen molar-refractivity contribution < 1.29 is 19.5 Å². The van der Waals surface area contributed by atoms with E-state index >= 15 is 0 Å². The Balaban J connectivity index is 1.39. The van der Waals surface area contributed by atoms with E-state index in [1.807, 2.05) is 48.2 Å². The Morgan fingerprint density at radius 2 is 1.49 bits per heavy atom. The summed E-state index contributed by atoms with van der Waals surface area (Å²) < 4.78 is 5.43. The molecular formula is C26H35N5O4.